The van der Waals surface area contributed by atoms with Crippen molar-refractivity contribution in [3.8, 4) is 0 Å². The van der Waals surface area contributed by atoms with Crippen LogP contribution in [0.2, 0.25) is 0 Å². The van der Waals surface area contributed by atoms with E-state index in [-0.39, 0.29) is 12.2 Å². The standard InChI is InChI=1S/C7H6FNO2/c8-7(11-5-10)6-3-1-2-4-9-6/h1-5,7H. The predicted molar refractivity (Wildman–Crippen MR) is 35.2 cm³/mol. The van der Waals surface area contributed by atoms with Gasteiger partial charge in [-0.3, -0.25) is 9.78 Å². The average molecular weight is 155 g/mol. The van der Waals surface area contributed by atoms with Gasteiger partial charge in [0.2, 0.25) is 0 Å². The highest BCUT2D eigenvalue weighted by molar-refractivity contribution is 5.37. The number of ether oxygens (including phenoxy) is 1. The monoisotopic (exact) mass is 155 g/mol. The summed E-state index contributed by atoms with van der Waals surface area (Å²) < 4.78 is 16.6. The number of pyridine rings is 1. The van der Waals surface area contributed by atoms with Gasteiger partial charge in [0.05, 0.1) is 0 Å². The number of carbonyl (C=O) groups is 1. The second kappa shape index (κ2) is 3.65. The van der Waals surface area contributed by atoms with Crippen molar-refractivity contribution in [2.24, 2.45) is 0 Å². The number of hydrogen-bond donors (Lipinski definition) is 0. The summed E-state index contributed by atoms with van der Waals surface area (Å²) in [5.74, 6) is 0. The molecule has 1 heterocycles. The van der Waals surface area contributed by atoms with Crippen LogP contribution in [0, 0.1) is 0 Å². The molecule has 0 spiro atoms. The molecule has 0 saturated heterocycles. The lowest BCUT2D eigenvalue weighted by Gasteiger charge is -2.02. The summed E-state index contributed by atoms with van der Waals surface area (Å²) >= 11 is 0. The van der Waals surface area contributed by atoms with E-state index in [0.717, 1.165) is 0 Å². The van der Waals surface area contributed by atoms with E-state index in [1.165, 1.54) is 12.3 Å². The Bertz CT molecular complexity index is 227. The van der Waals surface area contributed by atoms with E-state index in [9.17, 15) is 9.18 Å². The third-order valence-electron chi connectivity index (χ3n) is 1.10. The molecule has 1 unspecified atom stereocenters. The van der Waals surface area contributed by atoms with Crippen molar-refractivity contribution in [1.29, 1.82) is 0 Å². The SMILES string of the molecule is O=COC(F)c1ccccn1. The quantitative estimate of drug-likeness (QED) is 0.616. The zero-order valence-corrected chi connectivity index (χ0v) is 5.61. The van der Waals surface area contributed by atoms with Gasteiger partial charge in [-0.25, -0.2) is 0 Å². The molecule has 0 bridgehead atoms. The molecule has 0 aliphatic carbocycles. The van der Waals surface area contributed by atoms with Gasteiger partial charge >= 0.3 is 0 Å². The molecule has 11 heavy (non-hydrogen) atoms. The maximum atomic E-state index is 12.6. The largest absolute Gasteiger partial charge is 0.427 e. The van der Waals surface area contributed by atoms with Crippen molar-refractivity contribution >= 4 is 6.47 Å². The zero-order valence-electron chi connectivity index (χ0n) is 5.61. The molecule has 0 radical (unpaired) electrons. The number of aromatic nitrogens is 1. The molecule has 0 amide bonds. The Morgan fingerprint density at radius 1 is 1.64 bits per heavy atom. The number of halogens is 1. The molecule has 1 rings (SSSR count). The van der Waals surface area contributed by atoms with E-state index in [2.05, 4.69) is 9.72 Å². The lowest BCUT2D eigenvalue weighted by Crippen LogP contribution is -1.98. The molecule has 4 heteroatoms. The van der Waals surface area contributed by atoms with E-state index in [1.54, 1.807) is 12.1 Å². The van der Waals surface area contributed by atoms with Crippen LogP contribution in [0.4, 0.5) is 4.39 Å². The number of nitrogens with zero attached hydrogens (tertiary/aromatic N) is 1. The molecule has 58 valence electrons. The Labute approximate surface area is 62.8 Å². The van der Waals surface area contributed by atoms with Crippen LogP contribution in [0.3, 0.4) is 0 Å². The van der Waals surface area contributed by atoms with Crippen molar-refractivity contribution in [2.45, 2.75) is 6.36 Å². The Morgan fingerprint density at radius 3 is 3.00 bits per heavy atom. The molecule has 0 N–H and O–H groups in total. The minimum atomic E-state index is -1.76. The van der Waals surface area contributed by atoms with Crippen molar-refractivity contribution in [3.05, 3.63) is 30.1 Å². The summed E-state index contributed by atoms with van der Waals surface area (Å²) in [6.07, 6.45) is -0.329. The first-order valence-electron chi connectivity index (χ1n) is 2.98. The van der Waals surface area contributed by atoms with Gasteiger partial charge in [0.1, 0.15) is 5.69 Å². The fraction of sp³-hybridized carbons (Fsp3) is 0.143. The van der Waals surface area contributed by atoms with E-state index < -0.39 is 6.36 Å². The first-order valence-corrected chi connectivity index (χ1v) is 2.98. The molecule has 0 fully saturated rings. The number of hydrogen-bond acceptors (Lipinski definition) is 3. The maximum Gasteiger partial charge on any atom is 0.295 e. The first kappa shape index (κ1) is 7.65. The summed E-state index contributed by atoms with van der Waals surface area (Å²) in [6.45, 7) is 0.0549. The van der Waals surface area contributed by atoms with Crippen molar-refractivity contribution < 1.29 is 13.9 Å². The van der Waals surface area contributed by atoms with Gasteiger partial charge in [-0.05, 0) is 12.1 Å². The lowest BCUT2D eigenvalue weighted by atomic mass is 10.3. The Balaban J connectivity index is 2.68. The highest BCUT2D eigenvalue weighted by atomic mass is 19.1. The second-order valence-corrected chi connectivity index (χ2v) is 1.80. The molecule has 3 nitrogen and oxygen atoms in total. The van der Waals surface area contributed by atoms with Gasteiger partial charge in [-0.1, -0.05) is 6.07 Å². The molecule has 1 aromatic heterocycles. The molecule has 1 aromatic rings. The summed E-state index contributed by atoms with van der Waals surface area (Å²) in [6, 6.07) is 4.70. The van der Waals surface area contributed by atoms with Crippen LogP contribution >= 0.6 is 0 Å². The van der Waals surface area contributed by atoms with Gasteiger partial charge in [0, 0.05) is 6.20 Å². The smallest absolute Gasteiger partial charge is 0.295 e. The van der Waals surface area contributed by atoms with E-state index in [4.69, 9.17) is 0 Å². The van der Waals surface area contributed by atoms with Crippen LogP contribution in [0.5, 0.6) is 0 Å². The third kappa shape index (κ3) is 2.00. The van der Waals surface area contributed by atoms with Crippen molar-refractivity contribution in [3.63, 3.8) is 0 Å². The molecule has 0 saturated carbocycles. The summed E-state index contributed by atoms with van der Waals surface area (Å²) in [5.41, 5.74) is 0.0969. The van der Waals surface area contributed by atoms with Crippen LogP contribution in [0.15, 0.2) is 24.4 Å². The molecule has 0 aromatic carbocycles. The van der Waals surface area contributed by atoms with Gasteiger partial charge in [0.15, 0.2) is 0 Å². The maximum absolute atomic E-state index is 12.6. The average Bonchev–Trinajstić information content (AvgIpc) is 2.07. The number of rotatable bonds is 3. The molecule has 0 aliphatic heterocycles. The highest BCUT2D eigenvalue weighted by Crippen LogP contribution is 2.13. The van der Waals surface area contributed by atoms with Crippen molar-refractivity contribution in [1.82, 2.24) is 4.98 Å². The predicted octanol–water partition coefficient (Wildman–Crippen LogP) is 1.22. The third-order valence-corrected chi connectivity index (χ3v) is 1.10. The molecule has 0 aliphatic rings. The van der Waals surface area contributed by atoms with Crippen molar-refractivity contribution in [2.75, 3.05) is 0 Å². The topological polar surface area (TPSA) is 39.2 Å². The summed E-state index contributed by atoms with van der Waals surface area (Å²) in [5, 5.41) is 0. The van der Waals surface area contributed by atoms with E-state index >= 15 is 0 Å². The fourth-order valence-electron chi connectivity index (χ4n) is 0.629. The second-order valence-electron chi connectivity index (χ2n) is 1.80. The van der Waals surface area contributed by atoms with Gasteiger partial charge in [0.25, 0.3) is 12.8 Å². The highest BCUT2D eigenvalue weighted by Gasteiger charge is 2.09. The van der Waals surface area contributed by atoms with Crippen LogP contribution in [0.1, 0.15) is 12.1 Å². The van der Waals surface area contributed by atoms with Gasteiger partial charge in [-0.2, -0.15) is 4.39 Å². The normalized spacial score (nSPS) is 12.1. The lowest BCUT2D eigenvalue weighted by molar-refractivity contribution is -0.142. The van der Waals surface area contributed by atoms with E-state index in [1.807, 2.05) is 0 Å². The van der Waals surface area contributed by atoms with E-state index in [0.29, 0.717) is 0 Å². The first-order chi connectivity index (χ1) is 5.34. The Kier molecular flexibility index (Phi) is 2.54. The van der Waals surface area contributed by atoms with Crippen LogP contribution in [-0.2, 0) is 9.53 Å². The van der Waals surface area contributed by atoms with Gasteiger partial charge in [-0.15, -0.1) is 0 Å². The van der Waals surface area contributed by atoms with Crippen LogP contribution < -0.4 is 0 Å². The Hall–Kier alpha value is -1.45. The number of carbonyl (C=O) groups excluding carboxylic acids is 1. The van der Waals surface area contributed by atoms with Crippen LogP contribution in [0.25, 0.3) is 0 Å². The minimum absolute atomic E-state index is 0.0549. The Morgan fingerprint density at radius 2 is 2.45 bits per heavy atom. The molecule has 1 atom stereocenters. The van der Waals surface area contributed by atoms with Crippen LogP contribution in [-0.4, -0.2) is 11.5 Å². The summed E-state index contributed by atoms with van der Waals surface area (Å²) in [4.78, 5) is 13.3. The molecular weight excluding hydrogens is 149 g/mol. The molecular formula is C7H6FNO2. The fourth-order valence-corrected chi connectivity index (χ4v) is 0.629. The number of alkyl halides is 1. The summed E-state index contributed by atoms with van der Waals surface area (Å²) in [7, 11) is 0. The zero-order chi connectivity index (χ0) is 8.10. The van der Waals surface area contributed by atoms with Gasteiger partial charge < -0.3 is 4.74 Å². The minimum Gasteiger partial charge on any atom is -0.427 e.